The lowest BCUT2D eigenvalue weighted by atomic mass is 9.61. The Hall–Kier alpha value is -1.42. The molecule has 1 aliphatic carbocycles. The van der Waals surface area contributed by atoms with E-state index in [0.29, 0.717) is 17.4 Å². The second-order valence-electron chi connectivity index (χ2n) is 7.04. The molecule has 1 aliphatic rings. The Bertz CT molecular complexity index is 674. The Morgan fingerprint density at radius 3 is 2.71 bits per heavy atom. The molecule has 1 fully saturated rings. The fourth-order valence-electron chi connectivity index (χ4n) is 3.82. The van der Waals surface area contributed by atoms with Crippen molar-refractivity contribution >= 4 is 11.0 Å². The molecule has 3 nitrogen and oxygen atoms in total. The highest BCUT2D eigenvalue weighted by atomic mass is 19.1. The summed E-state index contributed by atoms with van der Waals surface area (Å²) in [7, 11) is 1.99. The number of nitrogens with two attached hydrogens (primary N) is 1. The first-order valence-electron chi connectivity index (χ1n) is 7.70. The van der Waals surface area contributed by atoms with E-state index in [2.05, 4.69) is 25.8 Å². The predicted molar refractivity (Wildman–Crippen MR) is 83.6 cm³/mol. The van der Waals surface area contributed by atoms with Crippen LogP contribution in [0.1, 0.15) is 45.4 Å². The van der Waals surface area contributed by atoms with Gasteiger partial charge < -0.3 is 10.3 Å². The van der Waals surface area contributed by atoms with Crippen molar-refractivity contribution in [1.82, 2.24) is 9.55 Å². The number of aryl methyl sites for hydroxylation is 1. The van der Waals surface area contributed by atoms with Crippen LogP contribution >= 0.6 is 0 Å². The number of hydrogen-bond donors (Lipinski definition) is 1. The van der Waals surface area contributed by atoms with Gasteiger partial charge in [0.05, 0.1) is 5.52 Å². The molecule has 0 spiro atoms. The highest BCUT2D eigenvalue weighted by molar-refractivity contribution is 5.76. The van der Waals surface area contributed by atoms with Crippen LogP contribution in [0.5, 0.6) is 0 Å². The van der Waals surface area contributed by atoms with E-state index in [0.717, 1.165) is 24.2 Å². The van der Waals surface area contributed by atoms with E-state index in [4.69, 9.17) is 5.73 Å². The minimum absolute atomic E-state index is 0.0588. The van der Waals surface area contributed by atoms with Gasteiger partial charge in [-0.3, -0.25) is 0 Å². The van der Waals surface area contributed by atoms with Crippen LogP contribution in [-0.2, 0) is 7.05 Å². The summed E-state index contributed by atoms with van der Waals surface area (Å²) in [6, 6.07) is 5.39. The summed E-state index contributed by atoms with van der Waals surface area (Å²) >= 11 is 0. The first-order chi connectivity index (χ1) is 9.84. The Labute approximate surface area is 125 Å². The normalized spacial score (nSPS) is 29.0. The third-order valence-electron chi connectivity index (χ3n) is 5.71. The molecule has 4 heteroatoms. The highest BCUT2D eigenvalue weighted by Gasteiger charge is 2.44. The standard InChI is InChI=1S/C17H24FN3/c1-10-13(19)9-8-11(17(10,2)3)16-20-15-12(18)6-5-7-14(15)21(16)4/h5-7,10-11,13H,8-9,19H2,1-4H3. The number of rotatable bonds is 1. The highest BCUT2D eigenvalue weighted by Crippen LogP contribution is 2.49. The van der Waals surface area contributed by atoms with Crippen molar-refractivity contribution in [3.63, 3.8) is 0 Å². The zero-order valence-corrected chi connectivity index (χ0v) is 13.2. The number of benzene rings is 1. The number of para-hydroxylation sites is 1. The molecule has 0 amide bonds. The van der Waals surface area contributed by atoms with Gasteiger partial charge in [0.25, 0.3) is 0 Å². The molecule has 3 unspecified atom stereocenters. The van der Waals surface area contributed by atoms with Gasteiger partial charge in [-0.15, -0.1) is 0 Å². The van der Waals surface area contributed by atoms with Crippen molar-refractivity contribution < 1.29 is 4.39 Å². The summed E-state index contributed by atoms with van der Waals surface area (Å²) in [5.41, 5.74) is 7.65. The number of aromatic nitrogens is 2. The SMILES string of the molecule is CC1C(N)CCC(c2nc3c(F)cccc3n2C)C1(C)C. The number of imidazole rings is 1. The number of nitrogens with zero attached hydrogens (tertiary/aromatic N) is 2. The lowest BCUT2D eigenvalue weighted by Gasteiger charge is -2.46. The minimum atomic E-state index is -0.243. The third kappa shape index (κ3) is 2.08. The molecule has 0 aliphatic heterocycles. The Kier molecular flexibility index (Phi) is 3.32. The van der Waals surface area contributed by atoms with Gasteiger partial charge in [-0.25, -0.2) is 9.37 Å². The van der Waals surface area contributed by atoms with Gasteiger partial charge in [0.15, 0.2) is 5.82 Å². The zero-order chi connectivity index (χ0) is 15.4. The average molecular weight is 289 g/mol. The predicted octanol–water partition coefficient (Wildman–Crippen LogP) is 3.58. The van der Waals surface area contributed by atoms with Crippen molar-refractivity contribution in [2.24, 2.45) is 24.1 Å². The molecule has 1 heterocycles. The number of fused-ring (bicyclic) bond motifs is 1. The fraction of sp³-hybridized carbons (Fsp3) is 0.588. The van der Waals surface area contributed by atoms with Crippen LogP contribution in [0.4, 0.5) is 4.39 Å². The smallest absolute Gasteiger partial charge is 0.151 e. The molecule has 3 rings (SSSR count). The van der Waals surface area contributed by atoms with E-state index < -0.39 is 0 Å². The second kappa shape index (κ2) is 4.80. The van der Waals surface area contributed by atoms with E-state index in [1.54, 1.807) is 6.07 Å². The molecule has 1 saturated carbocycles. The molecule has 0 radical (unpaired) electrons. The second-order valence-corrected chi connectivity index (χ2v) is 7.04. The Balaban J connectivity index is 2.12. The summed E-state index contributed by atoms with van der Waals surface area (Å²) in [4.78, 5) is 4.64. The van der Waals surface area contributed by atoms with Crippen LogP contribution in [0.25, 0.3) is 11.0 Å². The zero-order valence-electron chi connectivity index (χ0n) is 13.2. The van der Waals surface area contributed by atoms with Crippen molar-refractivity contribution in [2.75, 3.05) is 0 Å². The Morgan fingerprint density at radius 1 is 1.33 bits per heavy atom. The molecule has 2 N–H and O–H groups in total. The van der Waals surface area contributed by atoms with Crippen LogP contribution in [-0.4, -0.2) is 15.6 Å². The van der Waals surface area contributed by atoms with E-state index in [1.807, 2.05) is 17.7 Å². The molecule has 2 aromatic rings. The summed E-state index contributed by atoms with van der Waals surface area (Å²) in [5.74, 6) is 1.47. The van der Waals surface area contributed by atoms with Crippen LogP contribution in [0.15, 0.2) is 18.2 Å². The maximum absolute atomic E-state index is 14.0. The van der Waals surface area contributed by atoms with E-state index >= 15 is 0 Å². The molecule has 0 bridgehead atoms. The molecule has 3 atom stereocenters. The maximum atomic E-state index is 14.0. The van der Waals surface area contributed by atoms with Crippen molar-refractivity contribution in [3.8, 4) is 0 Å². The molecule has 114 valence electrons. The van der Waals surface area contributed by atoms with Crippen LogP contribution < -0.4 is 5.73 Å². The fourth-order valence-corrected chi connectivity index (χ4v) is 3.82. The van der Waals surface area contributed by atoms with Crippen LogP contribution in [0.2, 0.25) is 0 Å². The van der Waals surface area contributed by atoms with Gasteiger partial charge in [0.1, 0.15) is 11.3 Å². The van der Waals surface area contributed by atoms with Gasteiger partial charge in [-0.2, -0.15) is 0 Å². The first kappa shape index (κ1) is 14.5. The number of halogens is 1. The summed E-state index contributed by atoms with van der Waals surface area (Å²) < 4.78 is 16.0. The Morgan fingerprint density at radius 2 is 2.05 bits per heavy atom. The van der Waals surface area contributed by atoms with E-state index in [-0.39, 0.29) is 17.3 Å². The topological polar surface area (TPSA) is 43.8 Å². The summed E-state index contributed by atoms with van der Waals surface area (Å²) in [5, 5.41) is 0. The molecule has 1 aromatic carbocycles. The van der Waals surface area contributed by atoms with Gasteiger partial charge in [0.2, 0.25) is 0 Å². The number of hydrogen-bond acceptors (Lipinski definition) is 2. The van der Waals surface area contributed by atoms with Gasteiger partial charge in [0, 0.05) is 19.0 Å². The van der Waals surface area contributed by atoms with Crippen LogP contribution in [0.3, 0.4) is 0 Å². The van der Waals surface area contributed by atoms with Crippen molar-refractivity contribution in [2.45, 2.75) is 45.6 Å². The van der Waals surface area contributed by atoms with Crippen LogP contribution in [0, 0.1) is 17.2 Å². The summed E-state index contributed by atoms with van der Waals surface area (Å²) in [6.45, 7) is 6.74. The molecular formula is C17H24FN3. The minimum Gasteiger partial charge on any atom is -0.331 e. The van der Waals surface area contributed by atoms with Gasteiger partial charge in [-0.05, 0) is 36.3 Å². The monoisotopic (exact) mass is 289 g/mol. The lowest BCUT2D eigenvalue weighted by Crippen LogP contribution is -2.46. The van der Waals surface area contributed by atoms with Crippen molar-refractivity contribution in [1.29, 1.82) is 0 Å². The van der Waals surface area contributed by atoms with E-state index in [9.17, 15) is 4.39 Å². The van der Waals surface area contributed by atoms with E-state index in [1.165, 1.54) is 6.07 Å². The largest absolute Gasteiger partial charge is 0.331 e. The maximum Gasteiger partial charge on any atom is 0.151 e. The first-order valence-corrected chi connectivity index (χ1v) is 7.70. The molecule has 21 heavy (non-hydrogen) atoms. The van der Waals surface area contributed by atoms with Gasteiger partial charge in [-0.1, -0.05) is 26.8 Å². The lowest BCUT2D eigenvalue weighted by molar-refractivity contribution is 0.0936. The van der Waals surface area contributed by atoms with Gasteiger partial charge >= 0.3 is 0 Å². The quantitative estimate of drug-likeness (QED) is 0.872. The molecular weight excluding hydrogens is 265 g/mol. The molecule has 0 saturated heterocycles. The molecule has 1 aromatic heterocycles. The average Bonchev–Trinajstić information content (AvgIpc) is 2.76. The van der Waals surface area contributed by atoms with Crippen molar-refractivity contribution in [3.05, 3.63) is 29.8 Å². The summed E-state index contributed by atoms with van der Waals surface area (Å²) in [6.07, 6.45) is 2.01. The third-order valence-corrected chi connectivity index (χ3v) is 5.71.